The average Bonchev–Trinajstić information content (AvgIpc) is 2.23. The molecule has 0 heterocycles. The lowest BCUT2D eigenvalue weighted by molar-refractivity contribution is -0.141. The molecule has 0 saturated heterocycles. The maximum atomic E-state index is 11.9. The maximum absolute atomic E-state index is 11.9. The Bertz CT molecular complexity index is 260. The van der Waals surface area contributed by atoms with Crippen LogP contribution in [0.15, 0.2) is 0 Å². The normalized spacial score (nSPS) is 11.4. The molecule has 17 heavy (non-hydrogen) atoms. The number of nitrogens with one attached hydrogen (secondary N) is 2. The molecule has 0 aromatic rings. The van der Waals surface area contributed by atoms with E-state index in [1.165, 1.54) is 0 Å². The predicted octanol–water partition coefficient (Wildman–Crippen LogP) is 1.84. The summed E-state index contributed by atoms with van der Waals surface area (Å²) in [7, 11) is 0. The molecule has 4 heteroatoms. The van der Waals surface area contributed by atoms with E-state index in [4.69, 9.17) is 0 Å². The fraction of sp³-hybridized carbons (Fsp3) is 0.846. The second-order valence-electron chi connectivity index (χ2n) is 5.22. The SMILES string of the molecule is CCCCCNC(=O)C(C)(C)C(=O)NC(C)C. The number of amides is 2. The van der Waals surface area contributed by atoms with Crippen molar-refractivity contribution in [2.75, 3.05) is 6.54 Å². The third-order valence-electron chi connectivity index (χ3n) is 2.62. The molecule has 0 aliphatic carbocycles. The molecule has 0 aromatic heterocycles. The van der Waals surface area contributed by atoms with Crippen LogP contribution in [-0.2, 0) is 9.59 Å². The highest BCUT2D eigenvalue weighted by molar-refractivity contribution is 6.04. The molecular formula is C13H26N2O2. The van der Waals surface area contributed by atoms with Crippen LogP contribution in [0.4, 0.5) is 0 Å². The molecular weight excluding hydrogens is 216 g/mol. The van der Waals surface area contributed by atoms with Gasteiger partial charge in [-0.25, -0.2) is 0 Å². The van der Waals surface area contributed by atoms with Gasteiger partial charge in [-0.05, 0) is 34.1 Å². The summed E-state index contributed by atoms with van der Waals surface area (Å²) in [5, 5.41) is 5.58. The van der Waals surface area contributed by atoms with Crippen molar-refractivity contribution < 1.29 is 9.59 Å². The van der Waals surface area contributed by atoms with Crippen LogP contribution < -0.4 is 10.6 Å². The predicted molar refractivity (Wildman–Crippen MR) is 69.6 cm³/mol. The van der Waals surface area contributed by atoms with Crippen LogP contribution in [-0.4, -0.2) is 24.4 Å². The standard InChI is InChI=1S/C13H26N2O2/c1-6-7-8-9-14-11(16)13(4,5)12(17)15-10(2)3/h10H,6-9H2,1-5H3,(H,14,16)(H,15,17). The van der Waals surface area contributed by atoms with Crippen LogP contribution in [0, 0.1) is 5.41 Å². The second-order valence-corrected chi connectivity index (χ2v) is 5.22. The number of carbonyl (C=O) groups excluding carboxylic acids is 2. The van der Waals surface area contributed by atoms with E-state index in [0.29, 0.717) is 6.54 Å². The summed E-state index contributed by atoms with van der Waals surface area (Å²) in [6.07, 6.45) is 3.18. The number of carbonyl (C=O) groups is 2. The smallest absolute Gasteiger partial charge is 0.235 e. The van der Waals surface area contributed by atoms with Crippen molar-refractivity contribution in [3.8, 4) is 0 Å². The zero-order chi connectivity index (χ0) is 13.5. The van der Waals surface area contributed by atoms with E-state index in [9.17, 15) is 9.59 Å². The molecule has 100 valence electrons. The number of rotatable bonds is 7. The van der Waals surface area contributed by atoms with Crippen molar-refractivity contribution in [1.82, 2.24) is 10.6 Å². The molecule has 4 nitrogen and oxygen atoms in total. The number of hydrogen-bond donors (Lipinski definition) is 2. The monoisotopic (exact) mass is 242 g/mol. The lowest BCUT2D eigenvalue weighted by Crippen LogP contribution is -2.49. The molecule has 2 amide bonds. The van der Waals surface area contributed by atoms with E-state index < -0.39 is 5.41 Å². The first-order valence-corrected chi connectivity index (χ1v) is 6.41. The number of hydrogen-bond acceptors (Lipinski definition) is 2. The third kappa shape index (κ3) is 5.71. The summed E-state index contributed by atoms with van der Waals surface area (Å²) in [6, 6.07) is 0.0506. The molecule has 0 aliphatic rings. The van der Waals surface area contributed by atoms with Gasteiger partial charge in [-0.1, -0.05) is 19.8 Å². The van der Waals surface area contributed by atoms with Gasteiger partial charge in [0, 0.05) is 12.6 Å². The average molecular weight is 242 g/mol. The Morgan fingerprint density at radius 1 is 1.12 bits per heavy atom. The molecule has 0 atom stereocenters. The minimum atomic E-state index is -1.00. The highest BCUT2D eigenvalue weighted by Gasteiger charge is 2.35. The van der Waals surface area contributed by atoms with Gasteiger partial charge in [-0.15, -0.1) is 0 Å². The van der Waals surface area contributed by atoms with Gasteiger partial charge in [0.2, 0.25) is 11.8 Å². The first kappa shape index (κ1) is 15.9. The van der Waals surface area contributed by atoms with Crippen molar-refractivity contribution >= 4 is 11.8 Å². The van der Waals surface area contributed by atoms with Gasteiger partial charge in [-0.3, -0.25) is 9.59 Å². The van der Waals surface area contributed by atoms with Crippen LogP contribution in [0.3, 0.4) is 0 Å². The first-order valence-electron chi connectivity index (χ1n) is 6.41. The van der Waals surface area contributed by atoms with Gasteiger partial charge < -0.3 is 10.6 Å². The summed E-state index contributed by atoms with van der Waals surface area (Å²) >= 11 is 0. The van der Waals surface area contributed by atoms with Gasteiger partial charge in [0.1, 0.15) is 5.41 Å². The highest BCUT2D eigenvalue weighted by atomic mass is 16.2. The summed E-state index contributed by atoms with van der Waals surface area (Å²) in [5.41, 5.74) is -1.00. The minimum absolute atomic E-state index is 0.0506. The summed E-state index contributed by atoms with van der Waals surface area (Å²) in [6.45, 7) is 9.83. The van der Waals surface area contributed by atoms with Crippen molar-refractivity contribution in [2.45, 2.75) is 59.9 Å². The van der Waals surface area contributed by atoms with Crippen molar-refractivity contribution in [3.63, 3.8) is 0 Å². The molecule has 0 spiro atoms. The van der Waals surface area contributed by atoms with E-state index in [0.717, 1.165) is 19.3 Å². The lowest BCUT2D eigenvalue weighted by atomic mass is 9.90. The Hall–Kier alpha value is -1.06. The zero-order valence-corrected chi connectivity index (χ0v) is 11.7. The molecule has 0 rings (SSSR count). The van der Waals surface area contributed by atoms with Crippen molar-refractivity contribution in [3.05, 3.63) is 0 Å². The van der Waals surface area contributed by atoms with E-state index in [1.807, 2.05) is 13.8 Å². The topological polar surface area (TPSA) is 58.2 Å². The quantitative estimate of drug-likeness (QED) is 0.528. The van der Waals surface area contributed by atoms with Gasteiger partial charge in [-0.2, -0.15) is 0 Å². The highest BCUT2D eigenvalue weighted by Crippen LogP contribution is 2.15. The largest absolute Gasteiger partial charge is 0.355 e. The summed E-state index contributed by atoms with van der Waals surface area (Å²) < 4.78 is 0. The van der Waals surface area contributed by atoms with E-state index in [1.54, 1.807) is 13.8 Å². The Kier molecular flexibility index (Phi) is 6.85. The van der Waals surface area contributed by atoms with Gasteiger partial charge >= 0.3 is 0 Å². The van der Waals surface area contributed by atoms with Gasteiger partial charge in [0.05, 0.1) is 0 Å². The summed E-state index contributed by atoms with van der Waals surface area (Å²) in [5.74, 6) is -0.424. The van der Waals surface area contributed by atoms with Crippen molar-refractivity contribution in [2.24, 2.45) is 5.41 Å². The molecule has 0 saturated carbocycles. The third-order valence-corrected chi connectivity index (χ3v) is 2.62. The Labute approximate surface area is 105 Å². The molecule has 0 fully saturated rings. The zero-order valence-electron chi connectivity index (χ0n) is 11.7. The molecule has 0 radical (unpaired) electrons. The maximum Gasteiger partial charge on any atom is 0.235 e. The fourth-order valence-corrected chi connectivity index (χ4v) is 1.34. The Balaban J connectivity index is 4.19. The molecule has 0 bridgehead atoms. The van der Waals surface area contributed by atoms with Crippen LogP contribution in [0.1, 0.15) is 53.9 Å². The number of unbranched alkanes of at least 4 members (excludes halogenated alkanes) is 2. The van der Waals surface area contributed by atoms with Gasteiger partial charge in [0.15, 0.2) is 0 Å². The van der Waals surface area contributed by atoms with E-state index >= 15 is 0 Å². The molecule has 0 aliphatic heterocycles. The van der Waals surface area contributed by atoms with Gasteiger partial charge in [0.25, 0.3) is 0 Å². The lowest BCUT2D eigenvalue weighted by Gasteiger charge is -2.24. The van der Waals surface area contributed by atoms with Crippen LogP contribution in [0.25, 0.3) is 0 Å². The Morgan fingerprint density at radius 2 is 1.71 bits per heavy atom. The molecule has 0 unspecified atom stereocenters. The Morgan fingerprint density at radius 3 is 2.18 bits per heavy atom. The fourth-order valence-electron chi connectivity index (χ4n) is 1.34. The molecule has 2 N–H and O–H groups in total. The summed E-state index contributed by atoms with van der Waals surface area (Å²) in [4.78, 5) is 23.7. The van der Waals surface area contributed by atoms with E-state index in [-0.39, 0.29) is 17.9 Å². The van der Waals surface area contributed by atoms with Crippen LogP contribution in [0.2, 0.25) is 0 Å². The second kappa shape index (κ2) is 7.30. The van der Waals surface area contributed by atoms with E-state index in [2.05, 4.69) is 17.6 Å². The molecule has 0 aromatic carbocycles. The van der Waals surface area contributed by atoms with Crippen LogP contribution >= 0.6 is 0 Å². The minimum Gasteiger partial charge on any atom is -0.355 e. The van der Waals surface area contributed by atoms with Crippen LogP contribution in [0.5, 0.6) is 0 Å². The van der Waals surface area contributed by atoms with Crippen molar-refractivity contribution in [1.29, 1.82) is 0 Å². The first-order chi connectivity index (χ1) is 7.82.